The first-order valence-corrected chi connectivity index (χ1v) is 6.70. The van der Waals surface area contributed by atoms with Gasteiger partial charge in [-0.2, -0.15) is 0 Å². The number of ether oxygens (including phenoxy) is 1. The van der Waals surface area contributed by atoms with E-state index in [0.717, 1.165) is 22.5 Å². The lowest BCUT2D eigenvalue weighted by Crippen LogP contribution is -1.90. The van der Waals surface area contributed by atoms with Gasteiger partial charge in [-0.05, 0) is 42.8 Å². The third-order valence-corrected chi connectivity index (χ3v) is 3.20. The Hall–Kier alpha value is -2.26. The number of fused-ring (bicyclic) bond motifs is 1. The van der Waals surface area contributed by atoms with E-state index in [1.807, 2.05) is 61.5 Å². The fourth-order valence-electron chi connectivity index (χ4n) is 2.10. The molecule has 3 heteroatoms. The zero-order valence-corrected chi connectivity index (χ0v) is 11.2. The summed E-state index contributed by atoms with van der Waals surface area (Å²) >= 11 is 0. The molecular weight excluding hydrogens is 252 g/mol. The van der Waals surface area contributed by atoms with Gasteiger partial charge in [0.15, 0.2) is 0 Å². The van der Waals surface area contributed by atoms with Crippen LogP contribution >= 0.6 is 0 Å². The average Bonchev–Trinajstić information content (AvgIpc) is 2.90. The van der Waals surface area contributed by atoms with Crippen LogP contribution in [-0.4, -0.2) is 5.11 Å². The molecule has 1 N–H and O–H groups in total. The SMILES string of the molecule is CCC(O)c1cc2cc(Oc3ccccc3)ccc2o1. The molecule has 3 rings (SSSR count). The zero-order chi connectivity index (χ0) is 13.9. The van der Waals surface area contributed by atoms with Gasteiger partial charge in [0.2, 0.25) is 0 Å². The van der Waals surface area contributed by atoms with Crippen molar-refractivity contribution in [3.05, 3.63) is 60.4 Å². The quantitative estimate of drug-likeness (QED) is 0.747. The van der Waals surface area contributed by atoms with Crippen LogP contribution < -0.4 is 4.74 Å². The van der Waals surface area contributed by atoms with Crippen molar-refractivity contribution in [3.8, 4) is 11.5 Å². The molecule has 0 aliphatic carbocycles. The number of aliphatic hydroxyl groups excluding tert-OH is 1. The zero-order valence-electron chi connectivity index (χ0n) is 11.2. The van der Waals surface area contributed by atoms with Gasteiger partial charge in [-0.1, -0.05) is 25.1 Å². The Morgan fingerprint density at radius 3 is 2.60 bits per heavy atom. The molecule has 0 aliphatic rings. The van der Waals surface area contributed by atoms with Gasteiger partial charge in [0.1, 0.15) is 28.9 Å². The summed E-state index contributed by atoms with van der Waals surface area (Å²) in [5, 5.41) is 10.7. The van der Waals surface area contributed by atoms with Gasteiger partial charge in [0.25, 0.3) is 0 Å². The Morgan fingerprint density at radius 1 is 1.05 bits per heavy atom. The molecule has 20 heavy (non-hydrogen) atoms. The first-order valence-electron chi connectivity index (χ1n) is 6.70. The first kappa shape index (κ1) is 12.8. The molecule has 0 spiro atoms. The van der Waals surface area contributed by atoms with Crippen molar-refractivity contribution < 1.29 is 14.3 Å². The van der Waals surface area contributed by atoms with Gasteiger partial charge >= 0.3 is 0 Å². The van der Waals surface area contributed by atoms with E-state index in [2.05, 4.69) is 0 Å². The molecule has 0 fully saturated rings. The minimum atomic E-state index is -0.555. The van der Waals surface area contributed by atoms with Crippen molar-refractivity contribution in [2.24, 2.45) is 0 Å². The molecule has 0 saturated heterocycles. The molecule has 3 nitrogen and oxygen atoms in total. The number of furan rings is 1. The van der Waals surface area contributed by atoms with Crippen LogP contribution in [0.4, 0.5) is 0 Å². The Labute approximate surface area is 117 Å². The molecule has 0 aliphatic heterocycles. The van der Waals surface area contributed by atoms with Crippen LogP contribution in [0.15, 0.2) is 59.0 Å². The molecule has 1 unspecified atom stereocenters. The van der Waals surface area contributed by atoms with Gasteiger partial charge < -0.3 is 14.3 Å². The standard InChI is InChI=1S/C17H16O3/c1-2-15(18)17-11-12-10-14(8-9-16(12)20-17)19-13-6-4-3-5-7-13/h3-11,15,18H,2H2,1H3. The summed E-state index contributed by atoms with van der Waals surface area (Å²) in [7, 11) is 0. The first-order chi connectivity index (χ1) is 9.76. The van der Waals surface area contributed by atoms with E-state index in [1.165, 1.54) is 0 Å². The van der Waals surface area contributed by atoms with E-state index in [9.17, 15) is 5.11 Å². The number of hydrogen-bond donors (Lipinski definition) is 1. The van der Waals surface area contributed by atoms with E-state index in [4.69, 9.17) is 9.15 Å². The maximum Gasteiger partial charge on any atom is 0.134 e. The maximum absolute atomic E-state index is 9.81. The monoisotopic (exact) mass is 268 g/mol. The lowest BCUT2D eigenvalue weighted by atomic mass is 10.2. The minimum Gasteiger partial charge on any atom is -0.458 e. The summed E-state index contributed by atoms with van der Waals surface area (Å²) in [6.07, 6.45) is 0.0774. The van der Waals surface area contributed by atoms with Gasteiger partial charge in [0.05, 0.1) is 0 Å². The molecule has 0 bridgehead atoms. The molecule has 0 amide bonds. The molecule has 2 aromatic carbocycles. The Balaban J connectivity index is 1.90. The van der Waals surface area contributed by atoms with E-state index in [1.54, 1.807) is 0 Å². The highest BCUT2D eigenvalue weighted by Crippen LogP contribution is 2.30. The summed E-state index contributed by atoms with van der Waals surface area (Å²) in [6.45, 7) is 1.92. The molecular formula is C17H16O3. The van der Waals surface area contributed by atoms with E-state index in [-0.39, 0.29) is 0 Å². The van der Waals surface area contributed by atoms with Crippen molar-refractivity contribution in [1.82, 2.24) is 0 Å². The van der Waals surface area contributed by atoms with Gasteiger partial charge in [0, 0.05) is 5.39 Å². The van der Waals surface area contributed by atoms with Gasteiger partial charge in [-0.15, -0.1) is 0 Å². The summed E-state index contributed by atoms with van der Waals surface area (Å²) in [5.41, 5.74) is 0.757. The van der Waals surface area contributed by atoms with Crippen LogP contribution in [0.3, 0.4) is 0 Å². The summed E-state index contributed by atoms with van der Waals surface area (Å²) in [6, 6.07) is 17.1. The third kappa shape index (κ3) is 2.53. The predicted octanol–water partition coefficient (Wildman–Crippen LogP) is 4.67. The topological polar surface area (TPSA) is 42.6 Å². The second-order valence-electron chi connectivity index (χ2n) is 4.69. The molecule has 0 saturated carbocycles. The highest BCUT2D eigenvalue weighted by atomic mass is 16.5. The Morgan fingerprint density at radius 2 is 1.85 bits per heavy atom. The Bertz CT molecular complexity index is 701. The summed E-state index contributed by atoms with van der Waals surface area (Å²) in [4.78, 5) is 0. The molecule has 0 radical (unpaired) electrons. The van der Waals surface area contributed by atoms with Crippen molar-refractivity contribution in [2.45, 2.75) is 19.4 Å². The molecule has 1 heterocycles. The molecule has 102 valence electrons. The second-order valence-corrected chi connectivity index (χ2v) is 4.69. The number of aliphatic hydroxyl groups is 1. The normalized spacial score (nSPS) is 12.5. The van der Waals surface area contributed by atoms with Crippen LogP contribution in [-0.2, 0) is 0 Å². The van der Waals surface area contributed by atoms with Crippen LogP contribution in [0.1, 0.15) is 25.2 Å². The van der Waals surface area contributed by atoms with E-state index in [0.29, 0.717) is 12.2 Å². The smallest absolute Gasteiger partial charge is 0.134 e. The van der Waals surface area contributed by atoms with Crippen LogP contribution in [0, 0.1) is 0 Å². The van der Waals surface area contributed by atoms with Gasteiger partial charge in [-0.3, -0.25) is 0 Å². The van der Waals surface area contributed by atoms with E-state index >= 15 is 0 Å². The van der Waals surface area contributed by atoms with Gasteiger partial charge in [-0.25, -0.2) is 0 Å². The lowest BCUT2D eigenvalue weighted by molar-refractivity contribution is 0.148. The van der Waals surface area contributed by atoms with Crippen molar-refractivity contribution in [1.29, 1.82) is 0 Å². The van der Waals surface area contributed by atoms with E-state index < -0.39 is 6.10 Å². The fraction of sp³-hybridized carbons (Fsp3) is 0.176. The molecule has 1 atom stereocenters. The van der Waals surface area contributed by atoms with Crippen LogP contribution in [0.5, 0.6) is 11.5 Å². The average molecular weight is 268 g/mol. The number of benzene rings is 2. The molecule has 3 aromatic rings. The Kier molecular flexibility index (Phi) is 3.44. The largest absolute Gasteiger partial charge is 0.458 e. The van der Waals surface area contributed by atoms with Crippen LogP contribution in [0.2, 0.25) is 0 Å². The number of hydrogen-bond acceptors (Lipinski definition) is 3. The highest BCUT2D eigenvalue weighted by Gasteiger charge is 2.11. The minimum absolute atomic E-state index is 0.555. The summed E-state index contributed by atoms with van der Waals surface area (Å²) in [5.74, 6) is 2.14. The number of para-hydroxylation sites is 1. The van der Waals surface area contributed by atoms with Crippen molar-refractivity contribution >= 4 is 11.0 Å². The maximum atomic E-state index is 9.81. The third-order valence-electron chi connectivity index (χ3n) is 3.20. The number of rotatable bonds is 4. The highest BCUT2D eigenvalue weighted by molar-refractivity contribution is 5.79. The fourth-order valence-corrected chi connectivity index (χ4v) is 2.10. The predicted molar refractivity (Wildman–Crippen MR) is 78.0 cm³/mol. The van der Waals surface area contributed by atoms with Crippen molar-refractivity contribution in [3.63, 3.8) is 0 Å². The van der Waals surface area contributed by atoms with Crippen LogP contribution in [0.25, 0.3) is 11.0 Å². The summed E-state index contributed by atoms with van der Waals surface area (Å²) < 4.78 is 11.4. The lowest BCUT2D eigenvalue weighted by Gasteiger charge is -2.04. The molecule has 1 aromatic heterocycles. The van der Waals surface area contributed by atoms with Crippen molar-refractivity contribution in [2.75, 3.05) is 0 Å². The second kappa shape index (κ2) is 5.39.